The molecule has 1 amide bonds. The first-order valence-electron chi connectivity index (χ1n) is 9.54. The number of hydrogen-bond donors (Lipinski definition) is 1. The summed E-state index contributed by atoms with van der Waals surface area (Å²) < 4.78 is 0. The van der Waals surface area contributed by atoms with Crippen LogP contribution in [0, 0.1) is 6.92 Å². The zero-order valence-electron chi connectivity index (χ0n) is 16.0. The van der Waals surface area contributed by atoms with Crippen LogP contribution in [0.1, 0.15) is 37.3 Å². The fourth-order valence-corrected chi connectivity index (χ4v) is 3.11. The average molecular weight is 365 g/mol. The smallest absolute Gasteiger partial charge is 0.267 e. The molecular weight excluding hydrogens is 338 g/mol. The fourth-order valence-electron chi connectivity index (χ4n) is 3.11. The topological polar surface area (TPSA) is 53.9 Å². The van der Waals surface area contributed by atoms with Gasteiger partial charge in [-0.05, 0) is 68.5 Å². The Labute approximate surface area is 161 Å². The van der Waals surface area contributed by atoms with Crippen molar-refractivity contribution in [2.45, 2.75) is 39.2 Å². The Balaban J connectivity index is 1.51. The average Bonchev–Trinajstić information content (AvgIpc) is 2.70. The molecule has 2 aromatic carbocycles. The molecule has 0 bridgehead atoms. The van der Waals surface area contributed by atoms with Gasteiger partial charge in [0.05, 0.1) is 6.21 Å². The van der Waals surface area contributed by atoms with Gasteiger partial charge in [0.25, 0.3) is 5.91 Å². The molecule has 0 aromatic heterocycles. The van der Waals surface area contributed by atoms with Gasteiger partial charge in [0.2, 0.25) is 6.10 Å². The van der Waals surface area contributed by atoms with E-state index in [1.165, 1.54) is 24.9 Å². The number of amides is 1. The van der Waals surface area contributed by atoms with Crippen molar-refractivity contribution in [1.82, 2.24) is 0 Å². The van der Waals surface area contributed by atoms with Gasteiger partial charge in [0, 0.05) is 24.5 Å². The third kappa shape index (κ3) is 5.33. The van der Waals surface area contributed by atoms with Crippen molar-refractivity contribution < 1.29 is 9.63 Å². The first-order valence-corrected chi connectivity index (χ1v) is 9.54. The standard InChI is InChI=1S/C22H27N3O2/c1-17-8-4-5-9-19(17)16-23-27-18(2)22(26)24-20-10-12-21(13-11-20)25-14-6-3-7-15-25/h4-5,8-13,16,18H,3,6-7,14-15H2,1-2H3,(H,24,26)/b23-16+. The predicted molar refractivity (Wildman–Crippen MR) is 110 cm³/mol. The van der Waals surface area contributed by atoms with Crippen LogP contribution in [0.3, 0.4) is 0 Å². The number of anilines is 2. The van der Waals surface area contributed by atoms with Crippen molar-refractivity contribution in [2.75, 3.05) is 23.3 Å². The SMILES string of the molecule is Cc1ccccc1/C=N/OC(C)C(=O)Nc1ccc(N2CCCCC2)cc1. The summed E-state index contributed by atoms with van der Waals surface area (Å²) >= 11 is 0. The van der Waals surface area contributed by atoms with Gasteiger partial charge in [-0.15, -0.1) is 0 Å². The van der Waals surface area contributed by atoms with Gasteiger partial charge in [-0.25, -0.2) is 0 Å². The second-order valence-corrected chi connectivity index (χ2v) is 6.92. The summed E-state index contributed by atoms with van der Waals surface area (Å²) in [5.74, 6) is -0.220. The first-order chi connectivity index (χ1) is 13.1. The quantitative estimate of drug-likeness (QED) is 0.611. The zero-order chi connectivity index (χ0) is 19.1. The summed E-state index contributed by atoms with van der Waals surface area (Å²) in [6, 6.07) is 15.9. The van der Waals surface area contributed by atoms with E-state index in [0.29, 0.717) is 0 Å². The molecule has 5 nitrogen and oxygen atoms in total. The van der Waals surface area contributed by atoms with Crippen molar-refractivity contribution in [3.63, 3.8) is 0 Å². The lowest BCUT2D eigenvalue weighted by atomic mass is 10.1. The predicted octanol–water partition coefficient (Wildman–Crippen LogP) is 4.36. The van der Waals surface area contributed by atoms with Gasteiger partial charge >= 0.3 is 0 Å². The third-order valence-electron chi connectivity index (χ3n) is 4.82. The lowest BCUT2D eigenvalue weighted by molar-refractivity contribution is -0.126. The van der Waals surface area contributed by atoms with E-state index in [4.69, 9.17) is 4.84 Å². The van der Waals surface area contributed by atoms with Crippen LogP contribution in [0.15, 0.2) is 53.7 Å². The second kappa shape index (κ2) is 9.21. The van der Waals surface area contributed by atoms with E-state index in [9.17, 15) is 4.79 Å². The Morgan fingerprint density at radius 2 is 1.81 bits per heavy atom. The highest BCUT2D eigenvalue weighted by atomic mass is 16.6. The molecule has 1 saturated heterocycles. The minimum Gasteiger partial charge on any atom is -0.383 e. The Morgan fingerprint density at radius 1 is 1.11 bits per heavy atom. The molecule has 142 valence electrons. The molecule has 1 aliphatic rings. The number of aryl methyl sites for hydroxylation is 1. The van der Waals surface area contributed by atoms with Crippen LogP contribution in [0.5, 0.6) is 0 Å². The maximum atomic E-state index is 12.3. The van der Waals surface area contributed by atoms with Crippen LogP contribution in [0.2, 0.25) is 0 Å². The van der Waals surface area contributed by atoms with Crippen molar-refractivity contribution in [3.8, 4) is 0 Å². The van der Waals surface area contributed by atoms with E-state index in [1.54, 1.807) is 13.1 Å². The molecule has 1 aliphatic heterocycles. The molecule has 1 unspecified atom stereocenters. The molecule has 3 rings (SSSR count). The number of carbonyl (C=O) groups excluding carboxylic acids is 1. The summed E-state index contributed by atoms with van der Waals surface area (Å²) in [5, 5.41) is 6.82. The number of carbonyl (C=O) groups is 1. The van der Waals surface area contributed by atoms with Crippen LogP contribution >= 0.6 is 0 Å². The zero-order valence-corrected chi connectivity index (χ0v) is 16.0. The minimum absolute atomic E-state index is 0.220. The normalized spacial score (nSPS) is 15.6. The van der Waals surface area contributed by atoms with Crippen molar-refractivity contribution in [1.29, 1.82) is 0 Å². The maximum Gasteiger partial charge on any atom is 0.267 e. The molecule has 0 saturated carbocycles. The molecule has 0 spiro atoms. The molecule has 5 heteroatoms. The summed E-state index contributed by atoms with van der Waals surface area (Å²) in [6.45, 7) is 5.91. The van der Waals surface area contributed by atoms with Crippen LogP contribution < -0.4 is 10.2 Å². The molecule has 1 atom stereocenters. The van der Waals surface area contributed by atoms with Crippen LogP contribution in [-0.2, 0) is 9.63 Å². The second-order valence-electron chi connectivity index (χ2n) is 6.92. The highest BCUT2D eigenvalue weighted by Gasteiger charge is 2.15. The molecule has 2 aromatic rings. The Hall–Kier alpha value is -2.82. The molecule has 27 heavy (non-hydrogen) atoms. The maximum absolute atomic E-state index is 12.3. The molecule has 0 aliphatic carbocycles. The van der Waals surface area contributed by atoms with E-state index in [2.05, 4.69) is 27.5 Å². The van der Waals surface area contributed by atoms with E-state index < -0.39 is 6.10 Å². The lowest BCUT2D eigenvalue weighted by Gasteiger charge is -2.28. The number of benzene rings is 2. The molecule has 1 fully saturated rings. The Bertz CT molecular complexity index is 780. The van der Waals surface area contributed by atoms with Gasteiger partial charge in [-0.3, -0.25) is 4.79 Å². The van der Waals surface area contributed by atoms with Gasteiger partial charge in [0.1, 0.15) is 0 Å². The van der Waals surface area contributed by atoms with Crippen LogP contribution in [-0.4, -0.2) is 31.3 Å². The third-order valence-corrected chi connectivity index (χ3v) is 4.82. The minimum atomic E-state index is -0.674. The largest absolute Gasteiger partial charge is 0.383 e. The van der Waals surface area contributed by atoms with Crippen molar-refractivity contribution in [2.24, 2.45) is 5.16 Å². The lowest BCUT2D eigenvalue weighted by Crippen LogP contribution is -2.29. The van der Waals surface area contributed by atoms with Gasteiger partial charge in [-0.1, -0.05) is 29.4 Å². The summed E-state index contributed by atoms with van der Waals surface area (Å²) in [7, 11) is 0. The summed E-state index contributed by atoms with van der Waals surface area (Å²) in [4.78, 5) is 20.0. The van der Waals surface area contributed by atoms with E-state index in [1.807, 2.05) is 43.3 Å². The molecule has 1 N–H and O–H groups in total. The van der Waals surface area contributed by atoms with Crippen LogP contribution in [0.4, 0.5) is 11.4 Å². The number of piperidine rings is 1. The van der Waals surface area contributed by atoms with Gasteiger partial charge in [-0.2, -0.15) is 0 Å². The van der Waals surface area contributed by atoms with Crippen LogP contribution in [0.25, 0.3) is 0 Å². The monoisotopic (exact) mass is 365 g/mol. The highest BCUT2D eigenvalue weighted by Crippen LogP contribution is 2.22. The molecular formula is C22H27N3O2. The highest BCUT2D eigenvalue weighted by molar-refractivity contribution is 5.94. The number of rotatable bonds is 6. The van der Waals surface area contributed by atoms with Crippen molar-refractivity contribution >= 4 is 23.5 Å². The summed E-state index contributed by atoms with van der Waals surface area (Å²) in [5.41, 5.74) is 4.05. The fraction of sp³-hybridized carbons (Fsp3) is 0.364. The Morgan fingerprint density at radius 3 is 2.52 bits per heavy atom. The van der Waals surface area contributed by atoms with Gasteiger partial charge < -0.3 is 15.1 Å². The Kier molecular flexibility index (Phi) is 6.47. The van der Waals surface area contributed by atoms with E-state index in [-0.39, 0.29) is 5.91 Å². The number of nitrogens with zero attached hydrogens (tertiary/aromatic N) is 2. The van der Waals surface area contributed by atoms with Crippen molar-refractivity contribution in [3.05, 3.63) is 59.7 Å². The first kappa shape index (κ1) is 19.0. The number of nitrogens with one attached hydrogen (secondary N) is 1. The van der Waals surface area contributed by atoms with E-state index >= 15 is 0 Å². The molecule has 0 radical (unpaired) electrons. The molecule has 1 heterocycles. The summed E-state index contributed by atoms with van der Waals surface area (Å²) in [6.07, 6.45) is 4.76. The van der Waals surface area contributed by atoms with E-state index in [0.717, 1.165) is 29.9 Å². The van der Waals surface area contributed by atoms with Gasteiger partial charge in [0.15, 0.2) is 0 Å². The number of hydrogen-bond acceptors (Lipinski definition) is 4. The number of oxime groups is 1.